The largest absolute Gasteiger partial charge is 0.190 e. The Bertz CT molecular complexity index is 61.5. The van der Waals surface area contributed by atoms with Crippen molar-refractivity contribution in [3.8, 4) is 0 Å². The van der Waals surface area contributed by atoms with Gasteiger partial charge in [0.15, 0.2) is 0 Å². The topological polar surface area (TPSA) is 0 Å². The molecular formula is C8H20B-. The first-order valence-electron chi connectivity index (χ1n) is 4.35. The normalized spacial score (nSPS) is 12.0. The molecule has 0 nitrogen and oxygen atoms in total. The molecule has 0 heterocycles. The van der Waals surface area contributed by atoms with Crippen molar-refractivity contribution < 1.29 is 0 Å². The van der Waals surface area contributed by atoms with E-state index in [1.54, 1.807) is 0 Å². The van der Waals surface area contributed by atoms with E-state index < -0.39 is 0 Å². The van der Waals surface area contributed by atoms with Crippen molar-refractivity contribution in [1.29, 1.82) is 0 Å². The van der Waals surface area contributed by atoms with Crippen molar-refractivity contribution in [1.82, 2.24) is 0 Å². The molecule has 0 radical (unpaired) electrons. The second-order valence-electron chi connectivity index (χ2n) is 4.45. The average molecular weight is 127 g/mol. The quantitative estimate of drug-likeness (QED) is 0.400. The Morgan fingerprint density at radius 3 is 1.89 bits per heavy atom. The number of hydrogen-bond acceptors (Lipinski definition) is 0. The van der Waals surface area contributed by atoms with Crippen LogP contribution in [0.4, 0.5) is 0 Å². The lowest BCUT2D eigenvalue weighted by molar-refractivity contribution is 0.763. The highest BCUT2D eigenvalue weighted by Crippen LogP contribution is 2.13. The summed E-state index contributed by atoms with van der Waals surface area (Å²) in [7, 11) is 0. The summed E-state index contributed by atoms with van der Waals surface area (Å²) >= 11 is 0. The fourth-order valence-electron chi connectivity index (χ4n) is 1.01. The summed E-state index contributed by atoms with van der Waals surface area (Å²) in [6.07, 6.45) is 5.63. The summed E-state index contributed by atoms with van der Waals surface area (Å²) in [5.74, 6) is 0. The highest BCUT2D eigenvalue weighted by molar-refractivity contribution is 6.76. The van der Waals surface area contributed by atoms with Gasteiger partial charge in [-0.3, -0.25) is 0 Å². The first kappa shape index (κ1) is 9.06. The lowest BCUT2D eigenvalue weighted by atomic mass is 9.28. The molecule has 9 heavy (non-hydrogen) atoms. The van der Waals surface area contributed by atoms with Crippen LogP contribution in [0.2, 0.25) is 26.8 Å². The maximum Gasteiger partial charge on any atom is -0.00850 e. The third-order valence-corrected chi connectivity index (χ3v) is 1.67. The van der Waals surface area contributed by atoms with E-state index in [0.29, 0.717) is 0 Å². The van der Waals surface area contributed by atoms with Gasteiger partial charge < -0.3 is 0 Å². The van der Waals surface area contributed by atoms with E-state index in [1.807, 2.05) is 0 Å². The predicted molar refractivity (Wildman–Crippen MR) is 47.7 cm³/mol. The molecule has 1 heteroatoms. The van der Waals surface area contributed by atoms with Gasteiger partial charge in [0.05, 0.1) is 0 Å². The molecule has 0 aliphatic rings. The molecule has 0 fully saturated rings. The van der Waals surface area contributed by atoms with Gasteiger partial charge in [-0.2, -0.15) is 26.8 Å². The van der Waals surface area contributed by atoms with Crippen LogP contribution in [0.15, 0.2) is 0 Å². The molecule has 0 amide bonds. The molecule has 0 aromatic rings. The fraction of sp³-hybridized carbons (Fsp3) is 1.00. The Labute approximate surface area is 60.0 Å². The maximum absolute atomic E-state index is 2.37. The standard InChI is InChI=1S/C8H20B/c1-5-6-7-8-9(2,3)4/h5-8H2,1-4H3/q-1. The smallest absolute Gasteiger partial charge is 0.00850 e. The molecular weight excluding hydrogens is 107 g/mol. The summed E-state index contributed by atoms with van der Waals surface area (Å²) in [4.78, 5) is 0. The van der Waals surface area contributed by atoms with Gasteiger partial charge in [0.2, 0.25) is 0 Å². The Hall–Kier alpha value is 0.0649. The third-order valence-electron chi connectivity index (χ3n) is 1.67. The zero-order chi connectivity index (χ0) is 7.33. The fourth-order valence-corrected chi connectivity index (χ4v) is 1.01. The van der Waals surface area contributed by atoms with Gasteiger partial charge in [-0.05, 0) is 6.15 Å². The second kappa shape index (κ2) is 3.97. The molecule has 0 unspecified atom stereocenters. The van der Waals surface area contributed by atoms with Crippen molar-refractivity contribution in [3.63, 3.8) is 0 Å². The lowest BCUT2D eigenvalue weighted by Crippen LogP contribution is -2.18. The lowest BCUT2D eigenvalue weighted by Gasteiger charge is -2.22. The third kappa shape index (κ3) is 8.06. The van der Waals surface area contributed by atoms with Crippen LogP contribution in [0.5, 0.6) is 0 Å². The van der Waals surface area contributed by atoms with Crippen LogP contribution in [-0.2, 0) is 0 Å². The van der Waals surface area contributed by atoms with E-state index >= 15 is 0 Å². The van der Waals surface area contributed by atoms with E-state index in [0.717, 1.165) is 0 Å². The number of unbranched alkanes of at least 4 members (excludes halogenated alkanes) is 2. The van der Waals surface area contributed by atoms with Crippen LogP contribution < -0.4 is 0 Å². The zero-order valence-electron chi connectivity index (χ0n) is 7.41. The van der Waals surface area contributed by atoms with Crippen molar-refractivity contribution in [2.75, 3.05) is 0 Å². The molecule has 56 valence electrons. The first-order valence-corrected chi connectivity index (χ1v) is 4.35. The van der Waals surface area contributed by atoms with Gasteiger partial charge in [0.1, 0.15) is 0 Å². The molecule has 0 aromatic carbocycles. The van der Waals surface area contributed by atoms with E-state index in [4.69, 9.17) is 0 Å². The first-order chi connectivity index (χ1) is 4.06. The Morgan fingerprint density at radius 1 is 1.00 bits per heavy atom. The molecule has 0 aliphatic carbocycles. The molecule has 0 bridgehead atoms. The van der Waals surface area contributed by atoms with Gasteiger partial charge in [0.25, 0.3) is 0 Å². The van der Waals surface area contributed by atoms with Crippen LogP contribution in [0.3, 0.4) is 0 Å². The highest BCUT2D eigenvalue weighted by Gasteiger charge is 2.02. The van der Waals surface area contributed by atoms with Crippen LogP contribution in [-0.4, -0.2) is 6.15 Å². The molecule has 0 atom stereocenters. The second-order valence-corrected chi connectivity index (χ2v) is 4.45. The Kier molecular flexibility index (Phi) is 4.00. The van der Waals surface area contributed by atoms with Crippen LogP contribution in [0.25, 0.3) is 0 Å². The molecule has 0 saturated heterocycles. The van der Waals surface area contributed by atoms with Crippen molar-refractivity contribution in [2.24, 2.45) is 0 Å². The summed E-state index contributed by atoms with van der Waals surface area (Å²) in [6, 6.07) is 0. The molecule has 0 N–H and O–H groups in total. The summed E-state index contributed by atoms with van der Waals surface area (Å²) in [5, 5.41) is 0. The highest BCUT2D eigenvalue weighted by atomic mass is 13.9. The van der Waals surface area contributed by atoms with Crippen LogP contribution in [0.1, 0.15) is 26.2 Å². The minimum absolute atomic E-state index is 0.00958. The summed E-state index contributed by atoms with van der Waals surface area (Å²) in [5.41, 5.74) is 0. The Balaban J connectivity index is 3.07. The monoisotopic (exact) mass is 127 g/mol. The van der Waals surface area contributed by atoms with Gasteiger partial charge in [-0.1, -0.05) is 26.2 Å². The van der Waals surface area contributed by atoms with Gasteiger partial charge in [-0.25, -0.2) is 0 Å². The van der Waals surface area contributed by atoms with Crippen LogP contribution >= 0.6 is 0 Å². The molecule has 0 rings (SSSR count). The van der Waals surface area contributed by atoms with E-state index in [9.17, 15) is 0 Å². The number of hydrogen-bond donors (Lipinski definition) is 0. The van der Waals surface area contributed by atoms with Crippen LogP contribution in [0, 0.1) is 0 Å². The summed E-state index contributed by atoms with van der Waals surface area (Å²) < 4.78 is 0. The van der Waals surface area contributed by atoms with Gasteiger partial charge in [-0.15, -0.1) is 0 Å². The van der Waals surface area contributed by atoms with Crippen molar-refractivity contribution in [2.45, 2.75) is 53.0 Å². The van der Waals surface area contributed by atoms with Gasteiger partial charge in [0, 0.05) is 0 Å². The minimum Gasteiger partial charge on any atom is -0.190 e. The van der Waals surface area contributed by atoms with Crippen molar-refractivity contribution >= 4 is 6.15 Å². The van der Waals surface area contributed by atoms with Gasteiger partial charge >= 0.3 is 0 Å². The molecule has 0 spiro atoms. The minimum atomic E-state index is -0.00958. The zero-order valence-corrected chi connectivity index (χ0v) is 7.41. The predicted octanol–water partition coefficient (Wildman–Crippen LogP) is 3.51. The van der Waals surface area contributed by atoms with E-state index in [-0.39, 0.29) is 6.15 Å². The number of rotatable bonds is 4. The summed E-state index contributed by atoms with van der Waals surface area (Å²) in [6.45, 7) is 9.37. The Morgan fingerprint density at radius 2 is 1.56 bits per heavy atom. The molecule has 0 aliphatic heterocycles. The molecule has 0 aromatic heterocycles. The van der Waals surface area contributed by atoms with Crippen molar-refractivity contribution in [3.05, 3.63) is 0 Å². The maximum atomic E-state index is 2.37. The SMILES string of the molecule is CCCCC[B-](C)(C)C. The van der Waals surface area contributed by atoms with E-state index in [2.05, 4.69) is 27.4 Å². The molecule has 0 saturated carbocycles. The average Bonchev–Trinajstić information content (AvgIpc) is 1.63. The van der Waals surface area contributed by atoms with E-state index in [1.165, 1.54) is 25.6 Å².